The van der Waals surface area contributed by atoms with Crippen molar-refractivity contribution in [3.63, 3.8) is 0 Å². The van der Waals surface area contributed by atoms with Crippen LogP contribution in [0.1, 0.15) is 16.8 Å². The maximum Gasteiger partial charge on any atom is 0.266 e. The largest absolute Gasteiger partial charge is 0.369 e. The van der Waals surface area contributed by atoms with Gasteiger partial charge in [0.25, 0.3) is 5.91 Å². The van der Waals surface area contributed by atoms with Crippen LogP contribution in [-0.4, -0.2) is 33.8 Å². The smallest absolute Gasteiger partial charge is 0.266 e. The molecule has 2 aromatic heterocycles. The molecule has 0 fully saturated rings. The first-order chi connectivity index (χ1) is 13.5. The van der Waals surface area contributed by atoms with Gasteiger partial charge in [-0.2, -0.15) is 0 Å². The molecule has 9 heteroatoms. The molecule has 142 valence electrons. The minimum absolute atomic E-state index is 0.0683. The van der Waals surface area contributed by atoms with Gasteiger partial charge in [-0.3, -0.25) is 14.7 Å². The van der Waals surface area contributed by atoms with Gasteiger partial charge in [-0.15, -0.1) is 11.3 Å². The first kappa shape index (κ1) is 18.5. The van der Waals surface area contributed by atoms with Gasteiger partial charge in [0.15, 0.2) is 11.5 Å². The highest BCUT2D eigenvalue weighted by molar-refractivity contribution is 7.07. The van der Waals surface area contributed by atoms with Gasteiger partial charge in [-0.25, -0.2) is 14.4 Å². The number of benzene rings is 1. The van der Waals surface area contributed by atoms with Crippen LogP contribution in [0.4, 0.5) is 4.39 Å². The Morgan fingerprint density at radius 1 is 1.25 bits per heavy atom. The number of hydrogen-bond acceptors (Lipinski definition) is 6. The number of nitrogens with two attached hydrogens (primary N) is 1. The number of pyridine rings is 1. The summed E-state index contributed by atoms with van der Waals surface area (Å²) in [6, 6.07) is 8.41. The van der Waals surface area contributed by atoms with Crippen molar-refractivity contribution in [3.8, 4) is 11.3 Å². The molecule has 2 N–H and O–H groups in total. The van der Waals surface area contributed by atoms with Gasteiger partial charge in [-0.1, -0.05) is 11.6 Å². The van der Waals surface area contributed by atoms with E-state index in [9.17, 15) is 9.18 Å². The van der Waals surface area contributed by atoms with Crippen molar-refractivity contribution in [2.75, 3.05) is 7.05 Å². The Balaban J connectivity index is 1.99. The minimum atomic E-state index is -1.47. The molecule has 6 nitrogen and oxygen atoms in total. The van der Waals surface area contributed by atoms with Gasteiger partial charge < -0.3 is 5.73 Å². The van der Waals surface area contributed by atoms with Crippen molar-refractivity contribution in [2.45, 2.75) is 12.2 Å². The van der Waals surface area contributed by atoms with Crippen LogP contribution in [0.2, 0.25) is 5.02 Å². The Kier molecular flexibility index (Phi) is 4.60. The van der Waals surface area contributed by atoms with Crippen molar-refractivity contribution >= 4 is 34.8 Å². The number of carbonyl (C=O) groups excluding carboxylic acids is 1. The number of likely N-dealkylation sites (N-methyl/N-ethyl adjacent to an activating group) is 1. The van der Waals surface area contributed by atoms with Gasteiger partial charge in [0.1, 0.15) is 6.67 Å². The number of alkyl halides is 1. The molecule has 0 saturated heterocycles. The summed E-state index contributed by atoms with van der Waals surface area (Å²) in [7, 11) is 1.55. The van der Waals surface area contributed by atoms with Gasteiger partial charge in [0.2, 0.25) is 0 Å². The third-order valence-corrected chi connectivity index (χ3v) is 5.46. The lowest BCUT2D eigenvalue weighted by atomic mass is 9.82. The van der Waals surface area contributed by atoms with Crippen LogP contribution in [0.3, 0.4) is 0 Å². The average molecular weight is 416 g/mol. The van der Waals surface area contributed by atoms with Crippen LogP contribution in [0.25, 0.3) is 11.3 Å². The summed E-state index contributed by atoms with van der Waals surface area (Å²) >= 11 is 7.83. The molecule has 1 aromatic carbocycles. The van der Waals surface area contributed by atoms with Crippen LogP contribution >= 0.6 is 22.9 Å². The number of amides is 1. The second kappa shape index (κ2) is 6.96. The zero-order valence-corrected chi connectivity index (χ0v) is 16.3. The highest BCUT2D eigenvalue weighted by atomic mass is 35.5. The fourth-order valence-corrected chi connectivity index (χ4v) is 4.06. The molecule has 0 aliphatic carbocycles. The molecule has 0 bridgehead atoms. The molecule has 28 heavy (non-hydrogen) atoms. The Bertz CT molecular complexity index is 1090. The van der Waals surface area contributed by atoms with E-state index in [1.807, 2.05) is 11.4 Å². The molecule has 1 unspecified atom stereocenters. The standard InChI is InChI=1S/C19H15ClFN5OS/c1-26-17(27)19(25-18(26)22,12-2-3-23-15(7-12)8-21)13-4-11(5-14(20)6-13)16-9-28-10-24-16/h2-7,9-10H,8H2,1H3,(H2,22,25). The van der Waals surface area contributed by atoms with E-state index in [1.165, 1.54) is 28.5 Å². The average Bonchev–Trinajstić information content (AvgIpc) is 3.32. The molecule has 4 rings (SSSR count). The Morgan fingerprint density at radius 2 is 2.07 bits per heavy atom. The summed E-state index contributed by atoms with van der Waals surface area (Å²) in [6.45, 7) is -0.757. The van der Waals surface area contributed by atoms with Gasteiger partial charge in [-0.05, 0) is 41.5 Å². The number of guanidine groups is 1. The van der Waals surface area contributed by atoms with E-state index in [0.29, 0.717) is 16.1 Å². The predicted octanol–water partition coefficient (Wildman–Crippen LogP) is 3.36. The Morgan fingerprint density at radius 3 is 2.71 bits per heavy atom. The van der Waals surface area contributed by atoms with E-state index < -0.39 is 12.2 Å². The SMILES string of the molecule is CN1C(=O)C(c2cc(Cl)cc(-c3cscn3)c2)(c2ccnc(CF)c2)N=C1N. The summed E-state index contributed by atoms with van der Waals surface area (Å²) in [4.78, 5) is 27.4. The third kappa shape index (κ3) is 2.85. The topological polar surface area (TPSA) is 84.5 Å². The van der Waals surface area contributed by atoms with E-state index in [0.717, 1.165) is 11.3 Å². The van der Waals surface area contributed by atoms with Gasteiger partial charge >= 0.3 is 0 Å². The monoisotopic (exact) mass is 415 g/mol. The first-order valence-electron chi connectivity index (χ1n) is 8.30. The lowest BCUT2D eigenvalue weighted by Crippen LogP contribution is -2.41. The Labute approximate surface area is 169 Å². The number of nitrogens with zero attached hydrogens (tertiary/aromatic N) is 4. The van der Waals surface area contributed by atoms with E-state index in [4.69, 9.17) is 17.3 Å². The molecule has 1 amide bonds. The maximum absolute atomic E-state index is 13.3. The second-order valence-corrected chi connectivity index (χ2v) is 7.47. The van der Waals surface area contributed by atoms with Crippen LogP contribution < -0.4 is 5.73 Å². The normalized spacial score (nSPS) is 19.2. The summed E-state index contributed by atoms with van der Waals surface area (Å²) in [5.41, 5.74) is 8.91. The summed E-state index contributed by atoms with van der Waals surface area (Å²) in [5, 5.41) is 2.31. The lowest BCUT2D eigenvalue weighted by molar-refractivity contribution is -0.129. The molecule has 0 spiro atoms. The predicted molar refractivity (Wildman–Crippen MR) is 107 cm³/mol. The quantitative estimate of drug-likeness (QED) is 0.708. The fourth-order valence-electron chi connectivity index (χ4n) is 3.26. The van der Waals surface area contributed by atoms with Crippen LogP contribution in [0, 0.1) is 0 Å². The summed E-state index contributed by atoms with van der Waals surface area (Å²) < 4.78 is 13.2. The Hall–Kier alpha value is -2.84. The van der Waals surface area contributed by atoms with E-state index >= 15 is 0 Å². The van der Waals surface area contributed by atoms with Crippen molar-refractivity contribution in [1.29, 1.82) is 0 Å². The minimum Gasteiger partial charge on any atom is -0.369 e. The molecule has 1 aliphatic rings. The molecule has 0 saturated carbocycles. The highest BCUT2D eigenvalue weighted by Gasteiger charge is 2.50. The highest BCUT2D eigenvalue weighted by Crippen LogP contribution is 2.41. The van der Waals surface area contributed by atoms with Crippen LogP contribution in [0.5, 0.6) is 0 Å². The fraction of sp³-hybridized carbons (Fsp3) is 0.158. The number of rotatable bonds is 4. The molecular weight excluding hydrogens is 401 g/mol. The zero-order valence-electron chi connectivity index (χ0n) is 14.8. The van der Waals surface area contributed by atoms with E-state index in [1.54, 1.807) is 30.8 Å². The maximum atomic E-state index is 13.3. The van der Waals surface area contributed by atoms with E-state index in [2.05, 4.69) is 15.0 Å². The summed E-state index contributed by atoms with van der Waals surface area (Å²) in [5.74, 6) is -0.286. The molecule has 1 atom stereocenters. The number of halogens is 2. The van der Waals surface area contributed by atoms with Gasteiger partial charge in [0, 0.05) is 29.2 Å². The molecular formula is C19H15ClFN5OS. The lowest BCUT2D eigenvalue weighted by Gasteiger charge is -2.27. The molecule has 1 aliphatic heterocycles. The first-order valence-corrected chi connectivity index (χ1v) is 9.62. The van der Waals surface area contributed by atoms with Gasteiger partial charge in [0.05, 0.1) is 16.9 Å². The molecule has 3 aromatic rings. The number of aromatic nitrogens is 2. The molecule has 3 heterocycles. The van der Waals surface area contributed by atoms with Crippen molar-refractivity contribution in [1.82, 2.24) is 14.9 Å². The number of hydrogen-bond donors (Lipinski definition) is 1. The number of thiazole rings is 1. The van der Waals surface area contributed by atoms with Crippen LogP contribution in [-0.2, 0) is 17.0 Å². The second-order valence-electron chi connectivity index (χ2n) is 6.32. The van der Waals surface area contributed by atoms with Crippen molar-refractivity contribution in [2.24, 2.45) is 10.7 Å². The van der Waals surface area contributed by atoms with E-state index in [-0.39, 0.29) is 17.6 Å². The van der Waals surface area contributed by atoms with Crippen molar-refractivity contribution < 1.29 is 9.18 Å². The number of carbonyl (C=O) groups is 1. The van der Waals surface area contributed by atoms with Crippen molar-refractivity contribution in [3.05, 3.63) is 69.3 Å². The third-order valence-electron chi connectivity index (χ3n) is 4.65. The summed E-state index contributed by atoms with van der Waals surface area (Å²) in [6.07, 6.45) is 1.45. The molecule has 0 radical (unpaired) electrons. The van der Waals surface area contributed by atoms with Crippen LogP contribution in [0.15, 0.2) is 52.4 Å². The number of aliphatic imine (C=N–C) groups is 1. The zero-order chi connectivity index (χ0) is 19.9.